The van der Waals surface area contributed by atoms with Crippen molar-refractivity contribution in [3.05, 3.63) is 17.9 Å². The number of carbonyl (C=O) groups is 1. The Bertz CT molecular complexity index is 945. The zero-order valence-corrected chi connectivity index (χ0v) is 24.7. The van der Waals surface area contributed by atoms with E-state index < -0.39 is 6.10 Å². The Morgan fingerprint density at radius 2 is 1.77 bits per heavy atom. The quantitative estimate of drug-likeness (QED) is 0.240. The first kappa shape index (κ1) is 28.1. The molecule has 0 radical (unpaired) electrons. The van der Waals surface area contributed by atoms with Crippen LogP contribution in [0.15, 0.2) is 12.7 Å². The van der Waals surface area contributed by atoms with Crippen LogP contribution >= 0.6 is 0 Å². The van der Waals surface area contributed by atoms with E-state index >= 15 is 0 Å². The maximum absolute atomic E-state index is 14.0. The highest BCUT2D eigenvalue weighted by molar-refractivity contribution is 5.66. The molecule has 0 aromatic carbocycles. The maximum atomic E-state index is 14.0. The third kappa shape index (κ3) is 4.36. The molecule has 2 saturated heterocycles. The number of hydrogen-bond acceptors (Lipinski definition) is 5. The Hall–Kier alpha value is -0.990. The molecule has 6 aliphatic rings. The molecule has 220 valence electrons. The number of rotatable bonds is 5. The molecule has 6 rings (SSSR count). The van der Waals surface area contributed by atoms with Gasteiger partial charge >= 0.3 is 5.97 Å². The summed E-state index contributed by atoms with van der Waals surface area (Å²) in [5.41, 5.74) is 0.0813. The highest BCUT2D eigenvalue weighted by atomic mass is 16.6. The average molecular weight is 546 g/mol. The third-order valence-electron chi connectivity index (χ3n) is 13.4. The molecule has 0 aromatic rings. The van der Waals surface area contributed by atoms with Crippen LogP contribution in [0.4, 0.5) is 0 Å². The largest absolute Gasteiger partial charge is 0.632 e. The molecular weight excluding hydrogens is 492 g/mol. The number of aliphatic hydroxyl groups is 1. The van der Waals surface area contributed by atoms with Crippen molar-refractivity contribution in [3.8, 4) is 0 Å². The van der Waals surface area contributed by atoms with Crippen LogP contribution in [0.2, 0.25) is 0 Å². The lowest BCUT2D eigenvalue weighted by Crippen LogP contribution is -2.66. The van der Waals surface area contributed by atoms with Gasteiger partial charge in [-0.25, -0.2) is 0 Å². The molecule has 6 fully saturated rings. The van der Waals surface area contributed by atoms with E-state index in [9.17, 15) is 15.1 Å². The number of nitrogens with zero attached hydrogens (tertiary/aromatic N) is 2. The first-order valence-corrected chi connectivity index (χ1v) is 16.0. The third-order valence-corrected chi connectivity index (χ3v) is 13.4. The molecule has 7 heteroatoms. The molecule has 4 unspecified atom stereocenters. The second-order valence-corrected chi connectivity index (χ2v) is 15.0. The van der Waals surface area contributed by atoms with E-state index in [4.69, 9.17) is 9.47 Å². The van der Waals surface area contributed by atoms with Crippen LogP contribution in [-0.4, -0.2) is 90.4 Å². The molecule has 39 heavy (non-hydrogen) atoms. The van der Waals surface area contributed by atoms with Gasteiger partial charge in [-0.05, 0) is 67.3 Å². The summed E-state index contributed by atoms with van der Waals surface area (Å²) in [5, 5.41) is 25.2. The lowest BCUT2D eigenvalue weighted by atomic mass is 9.44. The van der Waals surface area contributed by atoms with E-state index in [0.717, 1.165) is 62.6 Å². The van der Waals surface area contributed by atoms with Gasteiger partial charge in [0.2, 0.25) is 0 Å². The summed E-state index contributed by atoms with van der Waals surface area (Å²) in [6.07, 6.45) is 11.4. The van der Waals surface area contributed by atoms with E-state index in [2.05, 4.69) is 26.5 Å². The van der Waals surface area contributed by atoms with Crippen molar-refractivity contribution in [2.24, 2.45) is 34.5 Å². The molecule has 10 atom stereocenters. The number of esters is 1. The predicted octanol–water partition coefficient (Wildman–Crippen LogP) is 4.42. The molecule has 0 bridgehead atoms. The van der Waals surface area contributed by atoms with Crippen molar-refractivity contribution in [1.29, 1.82) is 0 Å². The number of hydrogen-bond donors (Lipinski definition) is 1. The molecule has 2 heterocycles. The molecule has 0 spiro atoms. The molecule has 4 aliphatic carbocycles. The number of quaternary nitrogens is 2. The minimum absolute atomic E-state index is 0.000178. The molecular formula is C32H53N2O5+. The van der Waals surface area contributed by atoms with Crippen molar-refractivity contribution in [1.82, 2.24) is 0 Å². The van der Waals surface area contributed by atoms with Gasteiger partial charge in [-0.2, -0.15) is 0 Å². The summed E-state index contributed by atoms with van der Waals surface area (Å²) in [5.74, 6) is 2.05. The van der Waals surface area contributed by atoms with Gasteiger partial charge in [0.05, 0.1) is 32.8 Å². The summed E-state index contributed by atoms with van der Waals surface area (Å²) >= 11 is 0. The number of aliphatic hydroxyl groups excluding tert-OH is 1. The van der Waals surface area contributed by atoms with E-state index in [0.29, 0.717) is 56.0 Å². The second-order valence-electron chi connectivity index (χ2n) is 15.0. The summed E-state index contributed by atoms with van der Waals surface area (Å²) in [6.45, 7) is 15.9. The Morgan fingerprint density at radius 1 is 1.05 bits per heavy atom. The van der Waals surface area contributed by atoms with Crippen molar-refractivity contribution in [2.75, 3.05) is 45.9 Å². The molecule has 4 saturated carbocycles. The van der Waals surface area contributed by atoms with Crippen LogP contribution in [-0.2, 0) is 14.3 Å². The minimum Gasteiger partial charge on any atom is -0.632 e. The fourth-order valence-corrected chi connectivity index (χ4v) is 11.5. The normalized spacial score (nSPS) is 48.4. The summed E-state index contributed by atoms with van der Waals surface area (Å²) in [6, 6.07) is 0.108. The van der Waals surface area contributed by atoms with Gasteiger partial charge in [-0.3, -0.25) is 4.79 Å². The topological polar surface area (TPSA) is 78.8 Å². The molecule has 1 N–H and O–H groups in total. The fraction of sp³-hybridized carbons (Fsp3) is 0.906. The van der Waals surface area contributed by atoms with E-state index in [1.165, 1.54) is 19.3 Å². The van der Waals surface area contributed by atoms with Gasteiger partial charge in [-0.15, -0.1) is 0 Å². The number of likely N-dealkylation sites (tertiary alicyclic amines) is 1. The van der Waals surface area contributed by atoms with Gasteiger partial charge in [0, 0.05) is 38.0 Å². The first-order valence-electron chi connectivity index (χ1n) is 16.0. The molecule has 0 amide bonds. The first-order chi connectivity index (χ1) is 18.6. The lowest BCUT2D eigenvalue weighted by molar-refractivity contribution is -0.937. The van der Waals surface area contributed by atoms with Crippen molar-refractivity contribution in [2.45, 2.75) is 103 Å². The molecule has 0 aromatic heterocycles. The number of morpholine rings is 1. The van der Waals surface area contributed by atoms with Crippen LogP contribution in [0.1, 0.15) is 78.6 Å². The van der Waals surface area contributed by atoms with Crippen LogP contribution in [0, 0.1) is 39.7 Å². The zero-order valence-electron chi connectivity index (χ0n) is 24.7. The Morgan fingerprint density at radius 3 is 2.44 bits per heavy atom. The van der Waals surface area contributed by atoms with Crippen molar-refractivity contribution < 1.29 is 28.5 Å². The highest BCUT2D eigenvalue weighted by Crippen LogP contribution is 2.68. The maximum Gasteiger partial charge on any atom is 0.303 e. The van der Waals surface area contributed by atoms with Gasteiger partial charge in [-0.1, -0.05) is 20.4 Å². The Balaban J connectivity index is 1.31. The summed E-state index contributed by atoms with van der Waals surface area (Å²) in [7, 11) is 0. The van der Waals surface area contributed by atoms with E-state index in [1.54, 1.807) is 6.92 Å². The van der Waals surface area contributed by atoms with Crippen LogP contribution in [0.25, 0.3) is 0 Å². The molecule has 7 nitrogen and oxygen atoms in total. The van der Waals surface area contributed by atoms with Gasteiger partial charge in [0.25, 0.3) is 0 Å². The second kappa shape index (κ2) is 10.1. The SMILES string of the molecule is C=CC[N+]1([C@H]2CC3[C@@H]4CCC5CC(O)[C@@H]([N+]6([O-])CCOCC6)C[C@]5(C)C4CC[C@]3(C)[C@H]2OC(C)=O)CCCC1. The average Bonchev–Trinajstić information content (AvgIpc) is 3.48. The monoisotopic (exact) mass is 545 g/mol. The van der Waals surface area contributed by atoms with Crippen molar-refractivity contribution >= 4 is 5.97 Å². The van der Waals surface area contributed by atoms with Gasteiger partial charge in [0.1, 0.15) is 31.3 Å². The van der Waals surface area contributed by atoms with Gasteiger partial charge < -0.3 is 28.9 Å². The lowest BCUT2D eigenvalue weighted by Gasteiger charge is -2.64. The van der Waals surface area contributed by atoms with Gasteiger partial charge in [0.15, 0.2) is 6.10 Å². The summed E-state index contributed by atoms with van der Waals surface area (Å²) in [4.78, 5) is 12.5. The van der Waals surface area contributed by atoms with E-state index in [1.807, 2.05) is 0 Å². The highest BCUT2D eigenvalue weighted by Gasteiger charge is 2.68. The fourth-order valence-electron chi connectivity index (χ4n) is 11.5. The van der Waals surface area contributed by atoms with Crippen molar-refractivity contribution in [3.63, 3.8) is 0 Å². The Labute approximate surface area is 235 Å². The number of hydroxylamine groups is 3. The van der Waals surface area contributed by atoms with E-state index in [-0.39, 0.29) is 33.6 Å². The predicted molar refractivity (Wildman–Crippen MR) is 150 cm³/mol. The standard InChI is InChI=1S/C32H53N2O5/c1-5-12-33(13-6-7-14-33)27-20-26-24-9-8-23-19-29(36)28(34(37)15-17-38-18-16-34)21-32(23,4)25(24)10-11-31(26,3)30(27)39-22(2)35/h5,23-30,36H,1,6-21H2,2-4H3/q+1/t23?,24-,25?,26?,27+,28+,29?,30+,31+,32+/m1/s1. The number of ether oxygens (including phenoxy) is 2. The van der Waals surface area contributed by atoms with Crippen LogP contribution < -0.4 is 0 Å². The smallest absolute Gasteiger partial charge is 0.303 e. The number of carbonyl (C=O) groups excluding carboxylic acids is 1. The molecule has 2 aliphatic heterocycles. The minimum atomic E-state index is -0.508. The summed E-state index contributed by atoms with van der Waals surface area (Å²) < 4.78 is 12.6. The van der Waals surface area contributed by atoms with Crippen LogP contribution in [0.3, 0.4) is 0 Å². The zero-order chi connectivity index (χ0) is 27.6. The number of fused-ring (bicyclic) bond motifs is 5. The Kier molecular flexibility index (Phi) is 7.27. The van der Waals surface area contributed by atoms with Crippen LogP contribution in [0.5, 0.6) is 0 Å².